The molecular formula is C18H18O5S. The molecule has 0 fully saturated rings. The monoisotopic (exact) mass is 346 g/mol. The first-order chi connectivity index (χ1) is 11.4. The number of aryl methyl sites for hydroxylation is 1. The van der Waals surface area contributed by atoms with Gasteiger partial charge in [-0.3, -0.25) is 0 Å². The standard InChI is InChI=1S/C18H18O5S/c1-12-3-4-13-10-15(23-18(19)17(13)9-12)11-24(20,21)16-7-5-14(22-2)6-8-16/h3-9,15H,10-11H2,1-2H3. The Bertz CT molecular complexity index is 869. The number of cyclic esters (lactones) is 1. The van der Waals surface area contributed by atoms with Gasteiger partial charge in [-0.2, -0.15) is 0 Å². The van der Waals surface area contributed by atoms with E-state index < -0.39 is 21.9 Å². The van der Waals surface area contributed by atoms with E-state index >= 15 is 0 Å². The molecule has 1 aliphatic heterocycles. The molecule has 0 N–H and O–H groups in total. The highest BCUT2D eigenvalue weighted by atomic mass is 32.2. The summed E-state index contributed by atoms with van der Waals surface area (Å²) in [6, 6.07) is 11.7. The predicted molar refractivity (Wildman–Crippen MR) is 89.1 cm³/mol. The number of esters is 1. The lowest BCUT2D eigenvalue weighted by Crippen LogP contribution is -2.33. The van der Waals surface area contributed by atoms with E-state index in [2.05, 4.69) is 0 Å². The maximum atomic E-state index is 12.5. The number of benzene rings is 2. The molecule has 0 radical (unpaired) electrons. The second-order valence-corrected chi connectivity index (χ2v) is 7.88. The summed E-state index contributed by atoms with van der Waals surface area (Å²) in [6.07, 6.45) is -0.281. The lowest BCUT2D eigenvalue weighted by atomic mass is 9.97. The van der Waals surface area contributed by atoms with Gasteiger partial charge in [0.1, 0.15) is 11.9 Å². The van der Waals surface area contributed by atoms with Gasteiger partial charge in [-0.25, -0.2) is 13.2 Å². The number of rotatable bonds is 4. The maximum absolute atomic E-state index is 12.5. The van der Waals surface area contributed by atoms with Crippen LogP contribution < -0.4 is 4.74 Å². The quantitative estimate of drug-likeness (QED) is 0.796. The number of sulfone groups is 1. The van der Waals surface area contributed by atoms with Crippen LogP contribution in [-0.4, -0.2) is 33.4 Å². The zero-order valence-electron chi connectivity index (χ0n) is 13.5. The van der Waals surface area contributed by atoms with Gasteiger partial charge >= 0.3 is 5.97 Å². The van der Waals surface area contributed by atoms with Crippen LogP contribution in [0.1, 0.15) is 21.5 Å². The van der Waals surface area contributed by atoms with Crippen LogP contribution in [0.4, 0.5) is 0 Å². The molecule has 6 heteroatoms. The fourth-order valence-corrected chi connectivity index (χ4v) is 4.20. The van der Waals surface area contributed by atoms with E-state index in [1.807, 2.05) is 19.1 Å². The van der Waals surface area contributed by atoms with Gasteiger partial charge in [-0.15, -0.1) is 0 Å². The van der Waals surface area contributed by atoms with Gasteiger partial charge in [0.15, 0.2) is 9.84 Å². The molecule has 24 heavy (non-hydrogen) atoms. The third-order valence-corrected chi connectivity index (χ3v) is 5.83. The molecule has 1 aliphatic rings. The van der Waals surface area contributed by atoms with Gasteiger partial charge in [-0.05, 0) is 42.8 Å². The van der Waals surface area contributed by atoms with E-state index in [0.717, 1.165) is 11.1 Å². The second kappa shape index (κ2) is 6.28. The van der Waals surface area contributed by atoms with Crippen molar-refractivity contribution >= 4 is 15.8 Å². The normalized spacial score (nSPS) is 17.1. The number of fused-ring (bicyclic) bond motifs is 1. The summed E-state index contributed by atoms with van der Waals surface area (Å²) in [5.41, 5.74) is 2.31. The van der Waals surface area contributed by atoms with Crippen LogP contribution in [0.2, 0.25) is 0 Å². The molecule has 126 valence electrons. The van der Waals surface area contributed by atoms with Crippen molar-refractivity contribution in [3.05, 3.63) is 59.2 Å². The number of ether oxygens (including phenoxy) is 2. The van der Waals surface area contributed by atoms with E-state index in [9.17, 15) is 13.2 Å². The molecule has 1 atom stereocenters. The zero-order chi connectivity index (χ0) is 17.3. The number of hydrogen-bond acceptors (Lipinski definition) is 5. The average molecular weight is 346 g/mol. The van der Waals surface area contributed by atoms with Gasteiger partial charge in [0.2, 0.25) is 0 Å². The minimum absolute atomic E-state index is 0.189. The van der Waals surface area contributed by atoms with Crippen molar-refractivity contribution in [3.63, 3.8) is 0 Å². The maximum Gasteiger partial charge on any atom is 0.338 e. The summed E-state index contributed by atoms with van der Waals surface area (Å²) in [6.45, 7) is 1.90. The third kappa shape index (κ3) is 3.28. The van der Waals surface area contributed by atoms with Crippen LogP contribution in [0, 0.1) is 6.92 Å². The third-order valence-electron chi connectivity index (χ3n) is 4.03. The lowest BCUT2D eigenvalue weighted by molar-refractivity contribution is 0.0308. The first-order valence-electron chi connectivity index (χ1n) is 7.56. The van der Waals surface area contributed by atoms with Gasteiger partial charge in [-0.1, -0.05) is 17.7 Å². The predicted octanol–water partition coefficient (Wildman–Crippen LogP) is 2.56. The first-order valence-corrected chi connectivity index (χ1v) is 9.21. The Hall–Kier alpha value is -2.34. The largest absolute Gasteiger partial charge is 0.497 e. The van der Waals surface area contributed by atoms with Crippen LogP contribution in [0.3, 0.4) is 0 Å². The smallest absolute Gasteiger partial charge is 0.338 e. The second-order valence-electron chi connectivity index (χ2n) is 5.85. The molecule has 1 unspecified atom stereocenters. The van der Waals surface area contributed by atoms with Crippen molar-refractivity contribution in [1.82, 2.24) is 0 Å². The Morgan fingerprint density at radius 2 is 1.88 bits per heavy atom. The van der Waals surface area contributed by atoms with E-state index in [4.69, 9.17) is 9.47 Å². The van der Waals surface area contributed by atoms with E-state index in [1.165, 1.54) is 19.2 Å². The molecule has 0 saturated heterocycles. The van der Waals surface area contributed by atoms with Gasteiger partial charge in [0.25, 0.3) is 0 Å². The highest BCUT2D eigenvalue weighted by Gasteiger charge is 2.30. The van der Waals surface area contributed by atoms with Crippen molar-refractivity contribution < 1.29 is 22.7 Å². The fraction of sp³-hybridized carbons (Fsp3) is 0.278. The summed E-state index contributed by atoms with van der Waals surface area (Å²) in [5, 5.41) is 0. The molecule has 1 heterocycles. The molecule has 0 bridgehead atoms. The van der Waals surface area contributed by atoms with Crippen molar-refractivity contribution in [2.45, 2.75) is 24.3 Å². The van der Waals surface area contributed by atoms with Gasteiger partial charge in [0.05, 0.1) is 23.3 Å². The number of carbonyl (C=O) groups is 1. The Morgan fingerprint density at radius 3 is 2.54 bits per heavy atom. The topological polar surface area (TPSA) is 69.7 Å². The molecule has 0 amide bonds. The summed E-state index contributed by atoms with van der Waals surface area (Å²) in [7, 11) is -2.03. The molecule has 3 rings (SSSR count). The van der Waals surface area contributed by atoms with Gasteiger partial charge in [0, 0.05) is 6.42 Å². The zero-order valence-corrected chi connectivity index (χ0v) is 14.3. The average Bonchev–Trinajstić information content (AvgIpc) is 2.55. The van der Waals surface area contributed by atoms with Crippen LogP contribution in [0.5, 0.6) is 5.75 Å². The SMILES string of the molecule is COc1ccc(S(=O)(=O)CC2Cc3ccc(C)cc3C(=O)O2)cc1. The Kier molecular flexibility index (Phi) is 4.32. The fourth-order valence-electron chi connectivity index (χ4n) is 2.78. The molecule has 2 aromatic rings. The molecule has 2 aromatic carbocycles. The molecule has 0 spiro atoms. The summed E-state index contributed by atoms with van der Waals surface area (Å²) in [5.74, 6) is -0.115. The van der Waals surface area contributed by atoms with E-state index in [0.29, 0.717) is 17.7 Å². The Morgan fingerprint density at radius 1 is 1.17 bits per heavy atom. The number of carbonyl (C=O) groups excluding carboxylic acids is 1. The van der Waals surface area contributed by atoms with Gasteiger partial charge < -0.3 is 9.47 Å². The molecular weight excluding hydrogens is 328 g/mol. The highest BCUT2D eigenvalue weighted by Crippen LogP contribution is 2.25. The Labute approximate surface area is 141 Å². The van der Waals surface area contributed by atoms with Crippen LogP contribution in [0.15, 0.2) is 47.4 Å². The lowest BCUT2D eigenvalue weighted by Gasteiger charge is -2.24. The summed E-state index contributed by atoms with van der Waals surface area (Å²) in [4.78, 5) is 12.3. The van der Waals surface area contributed by atoms with Crippen LogP contribution in [-0.2, 0) is 21.0 Å². The van der Waals surface area contributed by atoms with Crippen molar-refractivity contribution in [3.8, 4) is 5.75 Å². The van der Waals surface area contributed by atoms with E-state index in [-0.39, 0.29) is 10.6 Å². The minimum Gasteiger partial charge on any atom is -0.497 e. The molecule has 0 saturated carbocycles. The number of methoxy groups -OCH3 is 1. The van der Waals surface area contributed by atoms with Crippen molar-refractivity contribution in [2.24, 2.45) is 0 Å². The van der Waals surface area contributed by atoms with E-state index in [1.54, 1.807) is 18.2 Å². The summed E-state index contributed by atoms with van der Waals surface area (Å²) >= 11 is 0. The number of hydrogen-bond donors (Lipinski definition) is 0. The van der Waals surface area contributed by atoms with Crippen molar-refractivity contribution in [2.75, 3.05) is 12.9 Å². The van der Waals surface area contributed by atoms with Crippen LogP contribution >= 0.6 is 0 Å². The minimum atomic E-state index is -3.55. The van der Waals surface area contributed by atoms with Crippen molar-refractivity contribution in [1.29, 1.82) is 0 Å². The Balaban J connectivity index is 1.80. The molecule has 0 aliphatic carbocycles. The molecule has 0 aromatic heterocycles. The van der Waals surface area contributed by atoms with Crippen LogP contribution in [0.25, 0.3) is 0 Å². The first kappa shape index (κ1) is 16.5. The summed E-state index contributed by atoms with van der Waals surface area (Å²) < 4.78 is 35.4. The molecule has 5 nitrogen and oxygen atoms in total. The highest BCUT2D eigenvalue weighted by molar-refractivity contribution is 7.91.